The van der Waals surface area contributed by atoms with Gasteiger partial charge >= 0.3 is 6.03 Å². The van der Waals surface area contributed by atoms with Crippen molar-refractivity contribution in [1.82, 2.24) is 15.5 Å². The van der Waals surface area contributed by atoms with E-state index in [1.165, 1.54) is 5.56 Å². The van der Waals surface area contributed by atoms with E-state index in [4.69, 9.17) is 0 Å². The Labute approximate surface area is 107 Å². The number of rotatable bonds is 2. The van der Waals surface area contributed by atoms with Crippen LogP contribution in [0, 0.1) is 0 Å². The average Bonchev–Trinajstić information content (AvgIpc) is 2.87. The first-order chi connectivity index (χ1) is 8.83. The molecule has 1 aromatic carbocycles. The highest BCUT2D eigenvalue weighted by Gasteiger charge is 2.43. The summed E-state index contributed by atoms with van der Waals surface area (Å²) in [5, 5.41) is 6.32. The standard InChI is InChI=1S/C14H19N3O/c18-13-16-10-11-17(13)14(6-8-15-9-7-14)12-4-2-1-3-5-12/h1-5,15H,6-11H2,(H,16,18). The van der Waals surface area contributed by atoms with Gasteiger partial charge in [-0.15, -0.1) is 0 Å². The second kappa shape index (κ2) is 4.61. The van der Waals surface area contributed by atoms with Crippen LogP contribution in [0.25, 0.3) is 0 Å². The van der Waals surface area contributed by atoms with Gasteiger partial charge < -0.3 is 15.5 Å². The van der Waals surface area contributed by atoms with E-state index in [1.54, 1.807) is 0 Å². The van der Waals surface area contributed by atoms with E-state index < -0.39 is 0 Å². The Balaban J connectivity index is 2.00. The van der Waals surface area contributed by atoms with Gasteiger partial charge in [0.15, 0.2) is 0 Å². The Bertz CT molecular complexity index is 426. The summed E-state index contributed by atoms with van der Waals surface area (Å²) >= 11 is 0. The number of nitrogens with zero attached hydrogens (tertiary/aromatic N) is 1. The SMILES string of the molecule is O=C1NCCN1C1(c2ccccc2)CCNCC1. The maximum absolute atomic E-state index is 12.0. The summed E-state index contributed by atoms with van der Waals surface area (Å²) in [5.41, 5.74) is 1.15. The Morgan fingerprint density at radius 2 is 1.78 bits per heavy atom. The molecule has 2 aliphatic heterocycles. The first-order valence-corrected chi connectivity index (χ1v) is 6.65. The zero-order chi connectivity index (χ0) is 12.4. The van der Waals surface area contributed by atoms with Gasteiger partial charge in [0.2, 0.25) is 0 Å². The van der Waals surface area contributed by atoms with Crippen molar-refractivity contribution >= 4 is 6.03 Å². The fraction of sp³-hybridized carbons (Fsp3) is 0.500. The molecular formula is C14H19N3O. The molecule has 4 heteroatoms. The minimum absolute atomic E-state index is 0.0840. The summed E-state index contributed by atoms with van der Waals surface area (Å²) < 4.78 is 0. The highest BCUT2D eigenvalue weighted by molar-refractivity contribution is 5.77. The molecule has 0 radical (unpaired) electrons. The van der Waals surface area contributed by atoms with E-state index in [1.807, 2.05) is 11.0 Å². The van der Waals surface area contributed by atoms with Crippen molar-refractivity contribution in [2.75, 3.05) is 26.2 Å². The number of amides is 2. The van der Waals surface area contributed by atoms with Gasteiger partial charge in [0, 0.05) is 13.1 Å². The Hall–Kier alpha value is -1.55. The number of nitrogens with one attached hydrogen (secondary N) is 2. The second-order valence-electron chi connectivity index (χ2n) is 5.03. The molecule has 0 saturated carbocycles. The summed E-state index contributed by atoms with van der Waals surface area (Å²) in [6.07, 6.45) is 1.98. The predicted molar refractivity (Wildman–Crippen MR) is 70.3 cm³/mol. The lowest BCUT2D eigenvalue weighted by Crippen LogP contribution is -2.53. The van der Waals surface area contributed by atoms with Crippen LogP contribution < -0.4 is 10.6 Å². The fourth-order valence-electron chi connectivity index (χ4n) is 3.18. The molecule has 2 heterocycles. The highest BCUT2D eigenvalue weighted by atomic mass is 16.2. The molecule has 0 aliphatic carbocycles. The van der Waals surface area contributed by atoms with Gasteiger partial charge in [-0.05, 0) is 31.5 Å². The lowest BCUT2D eigenvalue weighted by atomic mass is 9.80. The zero-order valence-electron chi connectivity index (χ0n) is 10.5. The summed E-state index contributed by atoms with van der Waals surface area (Å²) in [7, 11) is 0. The first-order valence-electron chi connectivity index (χ1n) is 6.65. The van der Waals surface area contributed by atoms with Crippen LogP contribution >= 0.6 is 0 Å². The van der Waals surface area contributed by atoms with Crippen LogP contribution in [0.5, 0.6) is 0 Å². The van der Waals surface area contributed by atoms with Crippen molar-refractivity contribution in [3.8, 4) is 0 Å². The van der Waals surface area contributed by atoms with Crippen molar-refractivity contribution in [2.45, 2.75) is 18.4 Å². The van der Waals surface area contributed by atoms with E-state index >= 15 is 0 Å². The quantitative estimate of drug-likeness (QED) is 0.824. The first kappa shape index (κ1) is 11.5. The summed E-state index contributed by atoms with van der Waals surface area (Å²) in [5.74, 6) is 0. The fourth-order valence-corrected chi connectivity index (χ4v) is 3.18. The zero-order valence-corrected chi connectivity index (χ0v) is 10.5. The molecule has 2 amide bonds. The van der Waals surface area contributed by atoms with Gasteiger partial charge in [-0.1, -0.05) is 30.3 Å². The molecule has 2 fully saturated rings. The van der Waals surface area contributed by atoms with Crippen LogP contribution in [-0.2, 0) is 5.54 Å². The minimum Gasteiger partial charge on any atom is -0.336 e. The number of carbonyl (C=O) groups excluding carboxylic acids is 1. The van der Waals surface area contributed by atoms with Crippen LogP contribution in [0.3, 0.4) is 0 Å². The van der Waals surface area contributed by atoms with Gasteiger partial charge in [0.25, 0.3) is 0 Å². The van der Waals surface area contributed by atoms with Gasteiger partial charge in [-0.25, -0.2) is 4.79 Å². The van der Waals surface area contributed by atoms with E-state index in [-0.39, 0.29) is 11.6 Å². The lowest BCUT2D eigenvalue weighted by Gasteiger charge is -2.44. The van der Waals surface area contributed by atoms with Crippen molar-refractivity contribution in [1.29, 1.82) is 0 Å². The number of benzene rings is 1. The van der Waals surface area contributed by atoms with Crippen LogP contribution in [0.2, 0.25) is 0 Å². The summed E-state index contributed by atoms with van der Waals surface area (Å²) in [4.78, 5) is 14.1. The van der Waals surface area contributed by atoms with E-state index in [0.717, 1.165) is 39.0 Å². The van der Waals surface area contributed by atoms with E-state index in [2.05, 4.69) is 34.9 Å². The van der Waals surface area contributed by atoms with E-state index in [0.29, 0.717) is 0 Å². The maximum Gasteiger partial charge on any atom is 0.318 e. The Morgan fingerprint density at radius 1 is 1.06 bits per heavy atom. The normalized spacial score (nSPS) is 22.9. The largest absolute Gasteiger partial charge is 0.336 e. The number of hydrogen-bond donors (Lipinski definition) is 2. The number of piperidine rings is 1. The molecule has 3 rings (SSSR count). The molecule has 2 saturated heterocycles. The molecule has 18 heavy (non-hydrogen) atoms. The smallest absolute Gasteiger partial charge is 0.318 e. The molecule has 0 aromatic heterocycles. The predicted octanol–water partition coefficient (Wildman–Crippen LogP) is 1.29. The number of urea groups is 1. The third kappa shape index (κ3) is 1.77. The second-order valence-corrected chi connectivity index (χ2v) is 5.03. The van der Waals surface area contributed by atoms with Gasteiger partial charge in [-0.2, -0.15) is 0 Å². The monoisotopic (exact) mass is 245 g/mol. The molecule has 96 valence electrons. The van der Waals surface area contributed by atoms with Crippen LogP contribution in [-0.4, -0.2) is 37.1 Å². The topological polar surface area (TPSA) is 44.4 Å². The minimum atomic E-state index is -0.118. The third-order valence-electron chi connectivity index (χ3n) is 4.12. The molecule has 0 atom stereocenters. The Kier molecular flexibility index (Phi) is 2.96. The highest BCUT2D eigenvalue weighted by Crippen LogP contribution is 2.37. The van der Waals surface area contributed by atoms with Crippen molar-refractivity contribution in [3.05, 3.63) is 35.9 Å². The van der Waals surface area contributed by atoms with Crippen LogP contribution in [0.1, 0.15) is 18.4 Å². The molecule has 1 aromatic rings. The number of hydrogen-bond acceptors (Lipinski definition) is 2. The summed E-state index contributed by atoms with van der Waals surface area (Å²) in [6, 6.07) is 10.5. The molecule has 4 nitrogen and oxygen atoms in total. The van der Waals surface area contributed by atoms with E-state index in [9.17, 15) is 4.79 Å². The molecular weight excluding hydrogens is 226 g/mol. The van der Waals surface area contributed by atoms with Crippen molar-refractivity contribution < 1.29 is 4.79 Å². The van der Waals surface area contributed by atoms with Crippen molar-refractivity contribution in [3.63, 3.8) is 0 Å². The maximum atomic E-state index is 12.0. The molecule has 0 spiro atoms. The van der Waals surface area contributed by atoms with Crippen LogP contribution in [0.15, 0.2) is 30.3 Å². The van der Waals surface area contributed by atoms with Gasteiger partial charge in [0.05, 0.1) is 5.54 Å². The molecule has 0 bridgehead atoms. The lowest BCUT2D eigenvalue weighted by molar-refractivity contribution is 0.102. The average molecular weight is 245 g/mol. The van der Waals surface area contributed by atoms with Gasteiger partial charge in [-0.3, -0.25) is 0 Å². The molecule has 2 N–H and O–H groups in total. The summed E-state index contributed by atoms with van der Waals surface area (Å²) in [6.45, 7) is 3.52. The molecule has 2 aliphatic rings. The molecule has 0 unspecified atom stereocenters. The third-order valence-corrected chi connectivity index (χ3v) is 4.12. The number of carbonyl (C=O) groups is 1. The van der Waals surface area contributed by atoms with Gasteiger partial charge in [0.1, 0.15) is 0 Å². The Morgan fingerprint density at radius 3 is 2.39 bits per heavy atom. The van der Waals surface area contributed by atoms with Crippen LogP contribution in [0.4, 0.5) is 4.79 Å². The van der Waals surface area contributed by atoms with Crippen molar-refractivity contribution in [2.24, 2.45) is 0 Å².